The lowest BCUT2D eigenvalue weighted by Gasteiger charge is -2.38. The van der Waals surface area contributed by atoms with Gasteiger partial charge in [-0.1, -0.05) is 70.8 Å². The SMILES string of the molecule is CCCCCC(C)O/N=C/c1c2c(O)c3c(O)c(C)c4c(c3c1O)C(=O)C(C)(O/C=C/C(OC)C(C)C(OC(C)=O)C(C)C(O)C(C)C(O)C(C)/C=C/C=C(\C)C(=O)N2)O4. The van der Waals surface area contributed by atoms with E-state index >= 15 is 0 Å². The Labute approximate surface area is 351 Å². The standard InChI is InChI=1S/C45H62N2O13/c1-12-13-14-18-24(4)60-46-21-30-35-40(53)33-32(39(30)52)34-42(28(8)38(33)51)59-45(10,43(34)54)57-20-19-31(56-11)25(5)41(58-29(9)48)27(7)37(50)26(6)36(49)22(2)16-15-17-23(3)44(55)47-35/h15-17,19-22,24-27,31,36-37,41,49-53H,12-14,18H2,1-11H3,(H,47,55)/b16-15+,20-19+,23-17+,46-21+. The Bertz CT molecular complexity index is 2040. The number of benzene rings is 2. The number of unbranched alkanes of at least 4 members (excludes halogenated alkanes) is 2. The molecule has 2 aromatic rings. The number of rotatable bonds is 9. The molecule has 15 nitrogen and oxygen atoms in total. The zero-order chi connectivity index (χ0) is 44.8. The van der Waals surface area contributed by atoms with E-state index in [1.54, 1.807) is 39.8 Å². The number of nitrogens with zero attached hydrogens (tertiary/aromatic N) is 1. The number of carbonyl (C=O) groups excluding carboxylic acids is 3. The summed E-state index contributed by atoms with van der Waals surface area (Å²) in [5.74, 6) is -8.58. The molecular formula is C45H62N2O13. The normalized spacial score (nSPS) is 30.3. The van der Waals surface area contributed by atoms with Crippen LogP contribution in [-0.2, 0) is 28.6 Å². The lowest BCUT2D eigenvalue weighted by molar-refractivity contribution is -0.160. The zero-order valence-electron chi connectivity index (χ0n) is 36.4. The number of ether oxygens (including phenoxy) is 4. The number of phenols is 3. The number of hydrogen-bond donors (Lipinski definition) is 6. The van der Waals surface area contributed by atoms with Gasteiger partial charge in [0.1, 0.15) is 29.5 Å². The largest absolute Gasteiger partial charge is 0.507 e. The topological polar surface area (TPSA) is 223 Å². The molecular weight excluding hydrogens is 776 g/mol. The highest BCUT2D eigenvalue weighted by atomic mass is 16.7. The molecule has 3 aliphatic heterocycles. The van der Waals surface area contributed by atoms with Gasteiger partial charge in [-0.15, -0.1) is 0 Å². The Morgan fingerprint density at radius 1 is 0.983 bits per heavy atom. The fraction of sp³-hybridized carbons (Fsp3) is 0.556. The Balaban J connectivity index is 1.95. The van der Waals surface area contributed by atoms with Crippen molar-refractivity contribution in [1.82, 2.24) is 0 Å². The molecule has 330 valence electrons. The number of amides is 1. The number of aliphatic hydroxyl groups is 2. The van der Waals surface area contributed by atoms with E-state index in [4.69, 9.17) is 23.8 Å². The third-order valence-corrected chi connectivity index (χ3v) is 11.7. The summed E-state index contributed by atoms with van der Waals surface area (Å²) in [6, 6.07) is 0. The Hall–Kier alpha value is -5.12. The molecule has 10 unspecified atom stereocenters. The van der Waals surface area contributed by atoms with Crippen molar-refractivity contribution >= 4 is 40.3 Å². The lowest BCUT2D eigenvalue weighted by atomic mass is 9.78. The molecule has 0 fully saturated rings. The minimum absolute atomic E-state index is 0.0391. The Morgan fingerprint density at radius 2 is 1.67 bits per heavy atom. The second kappa shape index (κ2) is 20.0. The first-order valence-corrected chi connectivity index (χ1v) is 20.5. The third kappa shape index (κ3) is 9.90. The maximum Gasteiger partial charge on any atom is 0.312 e. The van der Waals surface area contributed by atoms with Crippen LogP contribution >= 0.6 is 0 Å². The Morgan fingerprint density at radius 3 is 2.30 bits per heavy atom. The highest BCUT2D eigenvalue weighted by molar-refractivity contribution is 6.23. The molecule has 1 amide bonds. The first kappa shape index (κ1) is 47.6. The average molecular weight is 839 g/mol. The van der Waals surface area contributed by atoms with Crippen molar-refractivity contribution in [1.29, 1.82) is 0 Å². The fourth-order valence-corrected chi connectivity index (χ4v) is 7.79. The number of phenolic OH excluding ortho intramolecular Hbond substituents is 3. The number of allylic oxidation sites excluding steroid dienone is 2. The third-order valence-electron chi connectivity index (χ3n) is 11.7. The predicted molar refractivity (Wildman–Crippen MR) is 226 cm³/mol. The number of aromatic hydroxyl groups is 3. The second-order valence-corrected chi connectivity index (χ2v) is 16.3. The van der Waals surface area contributed by atoms with Crippen LogP contribution in [0.15, 0.2) is 41.3 Å². The minimum atomic E-state index is -2.06. The Kier molecular flexibility index (Phi) is 15.8. The number of hydrogen-bond acceptors (Lipinski definition) is 14. The van der Waals surface area contributed by atoms with Crippen LogP contribution in [0.1, 0.15) is 109 Å². The number of aliphatic hydroxyl groups excluding tert-OH is 2. The summed E-state index contributed by atoms with van der Waals surface area (Å²) in [5, 5.41) is 64.4. The summed E-state index contributed by atoms with van der Waals surface area (Å²) >= 11 is 0. The summed E-state index contributed by atoms with van der Waals surface area (Å²) in [6.45, 7) is 16.4. The van der Waals surface area contributed by atoms with Gasteiger partial charge in [0.15, 0.2) is 5.75 Å². The first-order chi connectivity index (χ1) is 28.2. The summed E-state index contributed by atoms with van der Waals surface area (Å²) in [5.41, 5.74) is -0.565. The molecule has 6 N–H and O–H groups in total. The molecule has 15 heteroatoms. The van der Waals surface area contributed by atoms with Gasteiger partial charge >= 0.3 is 11.8 Å². The second-order valence-electron chi connectivity index (χ2n) is 16.3. The van der Waals surface area contributed by atoms with Gasteiger partial charge in [-0.2, -0.15) is 0 Å². The molecule has 0 saturated carbocycles. The summed E-state index contributed by atoms with van der Waals surface area (Å²) < 4.78 is 23.6. The molecule has 5 bridgehead atoms. The van der Waals surface area contributed by atoms with Crippen LogP contribution in [0.3, 0.4) is 0 Å². The molecule has 2 aromatic carbocycles. The number of anilines is 1. The van der Waals surface area contributed by atoms with Gasteiger partial charge in [-0.3, -0.25) is 14.4 Å². The average Bonchev–Trinajstić information content (AvgIpc) is 3.47. The summed E-state index contributed by atoms with van der Waals surface area (Å²) in [6.07, 6.45) is 7.90. The zero-order valence-corrected chi connectivity index (χ0v) is 36.4. The number of methoxy groups -OCH3 is 1. The minimum Gasteiger partial charge on any atom is -0.507 e. The maximum absolute atomic E-state index is 14.4. The monoisotopic (exact) mass is 838 g/mol. The number of nitrogens with one attached hydrogen (secondary N) is 1. The molecule has 0 saturated heterocycles. The van der Waals surface area contributed by atoms with E-state index in [1.165, 1.54) is 53.2 Å². The van der Waals surface area contributed by atoms with Crippen LogP contribution in [0.4, 0.5) is 5.69 Å². The van der Waals surface area contributed by atoms with Crippen molar-refractivity contribution in [3.8, 4) is 23.0 Å². The van der Waals surface area contributed by atoms with Gasteiger partial charge in [-0.05, 0) is 39.7 Å². The number of Topliss-reactive ketones (excluding diaryl/α,β-unsaturated/α-hetero) is 1. The van der Waals surface area contributed by atoms with Crippen molar-refractivity contribution in [2.45, 2.75) is 131 Å². The molecule has 0 radical (unpaired) electrons. The van der Waals surface area contributed by atoms with Gasteiger partial charge in [0.05, 0.1) is 53.0 Å². The van der Waals surface area contributed by atoms with E-state index < -0.39 is 88.8 Å². The highest BCUT2D eigenvalue weighted by Crippen LogP contribution is 2.55. The lowest BCUT2D eigenvalue weighted by Crippen LogP contribution is -2.46. The van der Waals surface area contributed by atoms with Crippen LogP contribution in [0, 0.1) is 30.6 Å². The van der Waals surface area contributed by atoms with Crippen molar-refractivity contribution in [2.75, 3.05) is 12.4 Å². The van der Waals surface area contributed by atoms with E-state index in [-0.39, 0.29) is 50.6 Å². The van der Waals surface area contributed by atoms with Gasteiger partial charge in [0, 0.05) is 61.2 Å². The van der Waals surface area contributed by atoms with Crippen LogP contribution < -0.4 is 10.1 Å². The number of carbonyl (C=O) groups is 3. The molecule has 3 aliphatic rings. The van der Waals surface area contributed by atoms with Gasteiger partial charge < -0.3 is 54.6 Å². The smallest absolute Gasteiger partial charge is 0.312 e. The van der Waals surface area contributed by atoms with Gasteiger partial charge in [0.2, 0.25) is 0 Å². The molecule has 3 heterocycles. The van der Waals surface area contributed by atoms with E-state index in [0.29, 0.717) is 6.42 Å². The van der Waals surface area contributed by atoms with Crippen molar-refractivity contribution in [2.24, 2.45) is 28.8 Å². The first-order valence-electron chi connectivity index (χ1n) is 20.5. The summed E-state index contributed by atoms with van der Waals surface area (Å²) in [4.78, 5) is 46.1. The number of oxime groups is 1. The van der Waals surface area contributed by atoms with Crippen LogP contribution in [-0.4, -0.2) is 92.8 Å². The predicted octanol–water partition coefficient (Wildman–Crippen LogP) is 7.07. The van der Waals surface area contributed by atoms with E-state index in [1.807, 2.05) is 6.92 Å². The van der Waals surface area contributed by atoms with E-state index in [9.17, 15) is 39.9 Å². The molecule has 0 aromatic heterocycles. The van der Waals surface area contributed by atoms with Gasteiger partial charge in [0.25, 0.3) is 11.7 Å². The molecule has 0 spiro atoms. The number of esters is 1. The molecule has 0 aliphatic carbocycles. The fourth-order valence-electron chi connectivity index (χ4n) is 7.79. The van der Waals surface area contributed by atoms with Crippen molar-refractivity contribution in [3.63, 3.8) is 0 Å². The molecule has 10 atom stereocenters. The summed E-state index contributed by atoms with van der Waals surface area (Å²) in [7, 11) is 1.43. The van der Waals surface area contributed by atoms with Crippen molar-refractivity contribution < 1.29 is 63.7 Å². The molecule has 60 heavy (non-hydrogen) atoms. The molecule has 5 rings (SSSR count). The van der Waals surface area contributed by atoms with Crippen LogP contribution in [0.5, 0.6) is 23.0 Å². The van der Waals surface area contributed by atoms with Crippen LogP contribution in [0.2, 0.25) is 0 Å². The van der Waals surface area contributed by atoms with Gasteiger partial charge in [-0.25, -0.2) is 0 Å². The number of fused-ring (bicyclic) bond motifs is 14. The maximum atomic E-state index is 14.4. The van der Waals surface area contributed by atoms with Crippen molar-refractivity contribution in [3.05, 3.63) is 52.8 Å². The van der Waals surface area contributed by atoms with Crippen LogP contribution in [0.25, 0.3) is 10.8 Å². The van der Waals surface area contributed by atoms with E-state index in [2.05, 4.69) is 17.4 Å². The van der Waals surface area contributed by atoms with E-state index in [0.717, 1.165) is 25.5 Å². The quantitative estimate of drug-likeness (QED) is 0.0372. The number of ketones is 1. The highest BCUT2D eigenvalue weighted by Gasteiger charge is 2.50.